The van der Waals surface area contributed by atoms with Gasteiger partial charge in [0.25, 0.3) is 5.91 Å². The van der Waals surface area contributed by atoms with E-state index in [9.17, 15) is 4.79 Å². The monoisotopic (exact) mass is 344 g/mol. The molecule has 0 radical (unpaired) electrons. The van der Waals surface area contributed by atoms with Gasteiger partial charge >= 0.3 is 0 Å². The van der Waals surface area contributed by atoms with Crippen molar-refractivity contribution in [2.45, 2.75) is 12.7 Å². The fraction of sp³-hybridized carbons (Fsp3) is 0.222. The highest BCUT2D eigenvalue weighted by Gasteiger charge is 2.25. The third-order valence-electron chi connectivity index (χ3n) is 3.59. The molecule has 0 fully saturated rings. The van der Waals surface area contributed by atoms with Crippen LogP contribution < -0.4 is 0 Å². The first-order valence-corrected chi connectivity index (χ1v) is 8.80. The van der Waals surface area contributed by atoms with E-state index in [1.165, 1.54) is 11.1 Å². The van der Waals surface area contributed by atoms with Crippen LogP contribution in [0.15, 0.2) is 53.5 Å². The Morgan fingerprint density at radius 3 is 2.78 bits per heavy atom. The van der Waals surface area contributed by atoms with Gasteiger partial charge in [-0.2, -0.15) is 0 Å². The number of amidine groups is 1. The van der Waals surface area contributed by atoms with E-state index in [2.05, 4.69) is 36.2 Å². The molecule has 0 aromatic heterocycles. The molecule has 3 nitrogen and oxygen atoms in total. The minimum atomic E-state index is -0.0188. The van der Waals surface area contributed by atoms with Crippen LogP contribution in [-0.2, 0) is 5.75 Å². The van der Waals surface area contributed by atoms with Crippen LogP contribution in [0.2, 0.25) is 5.02 Å². The minimum Gasteiger partial charge on any atom is -0.286 e. The van der Waals surface area contributed by atoms with Crippen molar-refractivity contribution in [2.24, 2.45) is 4.99 Å². The molecule has 1 heterocycles. The Kier molecular flexibility index (Phi) is 5.03. The Balaban J connectivity index is 1.67. The van der Waals surface area contributed by atoms with Crippen LogP contribution in [0.5, 0.6) is 0 Å². The molecule has 0 spiro atoms. The van der Waals surface area contributed by atoms with Gasteiger partial charge in [-0.05, 0) is 36.8 Å². The Morgan fingerprint density at radius 1 is 1.26 bits per heavy atom. The smallest absolute Gasteiger partial charge is 0.259 e. The second kappa shape index (κ2) is 7.20. The predicted octanol–water partition coefficient (Wildman–Crippen LogP) is 4.39. The molecule has 5 heteroatoms. The maximum atomic E-state index is 12.6. The number of thioether (sulfide) groups is 1. The highest BCUT2D eigenvalue weighted by Crippen LogP contribution is 2.22. The molecule has 3 rings (SSSR count). The van der Waals surface area contributed by atoms with Crippen LogP contribution in [0.25, 0.3) is 0 Å². The molecular weight excluding hydrogens is 328 g/mol. The van der Waals surface area contributed by atoms with E-state index in [4.69, 9.17) is 11.6 Å². The number of carbonyl (C=O) groups is 1. The summed E-state index contributed by atoms with van der Waals surface area (Å²) in [4.78, 5) is 18.9. The molecule has 0 aliphatic carbocycles. The Hall–Kier alpha value is -1.78. The summed E-state index contributed by atoms with van der Waals surface area (Å²) in [7, 11) is 0. The molecule has 23 heavy (non-hydrogen) atoms. The van der Waals surface area contributed by atoms with Crippen LogP contribution >= 0.6 is 23.4 Å². The molecule has 0 N–H and O–H groups in total. The van der Waals surface area contributed by atoms with Crippen LogP contribution in [0.3, 0.4) is 0 Å². The SMILES string of the molecule is Cc1cccc(CSC2=NCCN2C(=O)c2ccc(Cl)cc2)c1. The fourth-order valence-corrected chi connectivity index (χ4v) is 3.55. The first kappa shape index (κ1) is 16.1. The Labute approximate surface area is 145 Å². The molecule has 1 aliphatic heterocycles. The van der Waals surface area contributed by atoms with E-state index in [1.807, 2.05) is 0 Å². The van der Waals surface area contributed by atoms with E-state index >= 15 is 0 Å². The average Bonchev–Trinajstić information content (AvgIpc) is 3.01. The molecule has 0 atom stereocenters. The average molecular weight is 345 g/mol. The van der Waals surface area contributed by atoms with E-state index < -0.39 is 0 Å². The lowest BCUT2D eigenvalue weighted by molar-refractivity contribution is 0.0860. The van der Waals surface area contributed by atoms with Crippen LogP contribution in [0.1, 0.15) is 21.5 Å². The lowest BCUT2D eigenvalue weighted by Gasteiger charge is -2.18. The maximum Gasteiger partial charge on any atom is 0.259 e. The largest absolute Gasteiger partial charge is 0.286 e. The molecule has 118 valence electrons. The molecule has 0 saturated carbocycles. The van der Waals surface area contributed by atoms with Gasteiger partial charge in [-0.15, -0.1) is 0 Å². The third-order valence-corrected chi connectivity index (χ3v) is 4.93. The fourth-order valence-electron chi connectivity index (χ4n) is 2.44. The van der Waals surface area contributed by atoms with Crippen LogP contribution in [-0.4, -0.2) is 29.1 Å². The van der Waals surface area contributed by atoms with Crippen molar-refractivity contribution in [2.75, 3.05) is 13.1 Å². The normalized spacial score (nSPS) is 14.0. The number of amides is 1. The summed E-state index contributed by atoms with van der Waals surface area (Å²) in [6, 6.07) is 15.4. The van der Waals surface area contributed by atoms with E-state index in [-0.39, 0.29) is 5.91 Å². The number of halogens is 1. The minimum absolute atomic E-state index is 0.0188. The van der Waals surface area contributed by atoms with Gasteiger partial charge in [0.1, 0.15) is 0 Å². The van der Waals surface area contributed by atoms with Crippen LogP contribution in [0.4, 0.5) is 0 Å². The molecule has 0 bridgehead atoms. The van der Waals surface area contributed by atoms with Crippen molar-refractivity contribution in [3.05, 3.63) is 70.2 Å². The first-order chi connectivity index (χ1) is 11.1. The Bertz CT molecular complexity index is 743. The molecule has 2 aromatic carbocycles. The second-order valence-electron chi connectivity index (χ2n) is 5.41. The summed E-state index contributed by atoms with van der Waals surface area (Å²) >= 11 is 7.49. The standard InChI is InChI=1S/C18H17ClN2OS/c1-13-3-2-4-14(11-13)12-23-18-20-9-10-21(18)17(22)15-5-7-16(19)8-6-15/h2-8,11H,9-10,12H2,1H3. The number of carbonyl (C=O) groups excluding carboxylic acids is 1. The molecule has 1 amide bonds. The number of benzene rings is 2. The molecule has 2 aromatic rings. The van der Waals surface area contributed by atoms with Gasteiger partial charge in [0.15, 0.2) is 5.17 Å². The summed E-state index contributed by atoms with van der Waals surface area (Å²) < 4.78 is 0. The zero-order valence-electron chi connectivity index (χ0n) is 12.8. The molecule has 1 aliphatic rings. The second-order valence-corrected chi connectivity index (χ2v) is 6.78. The van der Waals surface area contributed by atoms with E-state index in [1.54, 1.807) is 40.9 Å². The van der Waals surface area contributed by atoms with Gasteiger partial charge in [-0.3, -0.25) is 14.7 Å². The third kappa shape index (κ3) is 3.95. The van der Waals surface area contributed by atoms with E-state index in [0.29, 0.717) is 23.7 Å². The van der Waals surface area contributed by atoms with Crippen LogP contribution in [0, 0.1) is 6.92 Å². The zero-order chi connectivity index (χ0) is 16.2. The van der Waals surface area contributed by atoms with Gasteiger partial charge < -0.3 is 0 Å². The predicted molar refractivity (Wildman–Crippen MR) is 97.3 cm³/mol. The van der Waals surface area contributed by atoms with Crippen molar-refractivity contribution in [1.29, 1.82) is 0 Å². The van der Waals surface area contributed by atoms with Crippen molar-refractivity contribution in [3.8, 4) is 0 Å². The highest BCUT2D eigenvalue weighted by molar-refractivity contribution is 8.13. The number of hydrogen-bond acceptors (Lipinski definition) is 3. The molecular formula is C18H17ClN2OS. The highest BCUT2D eigenvalue weighted by atomic mass is 35.5. The van der Waals surface area contributed by atoms with Crippen molar-refractivity contribution in [3.63, 3.8) is 0 Å². The Morgan fingerprint density at radius 2 is 2.04 bits per heavy atom. The van der Waals surface area contributed by atoms with Gasteiger partial charge in [0.2, 0.25) is 0 Å². The van der Waals surface area contributed by atoms with Crippen molar-refractivity contribution in [1.82, 2.24) is 4.90 Å². The van der Waals surface area contributed by atoms with Crippen molar-refractivity contribution >= 4 is 34.4 Å². The number of aryl methyl sites for hydroxylation is 1. The number of nitrogens with zero attached hydrogens (tertiary/aromatic N) is 2. The van der Waals surface area contributed by atoms with Gasteiger partial charge in [-0.25, -0.2) is 0 Å². The lowest BCUT2D eigenvalue weighted by Crippen LogP contribution is -2.32. The van der Waals surface area contributed by atoms with Gasteiger partial charge in [0.05, 0.1) is 6.54 Å². The summed E-state index contributed by atoms with van der Waals surface area (Å²) in [5.74, 6) is 0.792. The molecule has 0 saturated heterocycles. The summed E-state index contributed by atoms with van der Waals surface area (Å²) in [5, 5.41) is 1.43. The lowest BCUT2D eigenvalue weighted by atomic mass is 10.2. The number of rotatable bonds is 3. The van der Waals surface area contributed by atoms with Crippen molar-refractivity contribution < 1.29 is 4.79 Å². The topological polar surface area (TPSA) is 32.7 Å². The summed E-state index contributed by atoms with van der Waals surface area (Å²) in [6.07, 6.45) is 0. The number of aliphatic imine (C=N–C) groups is 1. The number of hydrogen-bond donors (Lipinski definition) is 0. The quantitative estimate of drug-likeness (QED) is 0.827. The zero-order valence-corrected chi connectivity index (χ0v) is 14.4. The van der Waals surface area contributed by atoms with E-state index in [0.717, 1.165) is 10.9 Å². The maximum absolute atomic E-state index is 12.6. The van der Waals surface area contributed by atoms with Gasteiger partial charge in [-0.1, -0.05) is 53.2 Å². The first-order valence-electron chi connectivity index (χ1n) is 7.44. The van der Waals surface area contributed by atoms with Gasteiger partial charge in [0, 0.05) is 22.9 Å². The summed E-state index contributed by atoms with van der Waals surface area (Å²) in [6.45, 7) is 3.38. The molecule has 0 unspecified atom stereocenters. The summed E-state index contributed by atoms with van der Waals surface area (Å²) in [5.41, 5.74) is 3.12.